The van der Waals surface area contributed by atoms with Gasteiger partial charge in [0.25, 0.3) is 0 Å². The zero-order chi connectivity index (χ0) is 24.0. The standard InChI is InChI=1S/C26H29N5O3/c1-3-34-23(32)20-17-27-24(28-18-20)30-26(21-7-5-4-6-8-21)13-15-31(16-14-26)25(33)29-22-11-9-19(2)10-12-22/h4-12,17-18H,3,13-16H2,1-2H3,(H,29,33)(H,27,28,30). The van der Waals surface area contributed by atoms with Gasteiger partial charge in [0.2, 0.25) is 5.95 Å². The molecule has 2 aromatic carbocycles. The molecule has 0 spiro atoms. The van der Waals surface area contributed by atoms with Crippen LogP contribution in [0.1, 0.15) is 41.3 Å². The van der Waals surface area contributed by atoms with Crippen LogP contribution in [0.5, 0.6) is 0 Å². The van der Waals surface area contributed by atoms with E-state index < -0.39 is 11.5 Å². The van der Waals surface area contributed by atoms with Crippen molar-refractivity contribution in [1.29, 1.82) is 0 Å². The van der Waals surface area contributed by atoms with Crippen molar-refractivity contribution in [3.05, 3.63) is 83.7 Å². The maximum absolute atomic E-state index is 12.8. The fourth-order valence-electron chi connectivity index (χ4n) is 4.10. The van der Waals surface area contributed by atoms with Crippen molar-refractivity contribution < 1.29 is 14.3 Å². The second-order valence-electron chi connectivity index (χ2n) is 8.37. The van der Waals surface area contributed by atoms with Gasteiger partial charge in [-0.25, -0.2) is 19.6 Å². The summed E-state index contributed by atoms with van der Waals surface area (Å²) in [6.45, 7) is 5.21. The molecule has 8 heteroatoms. The zero-order valence-corrected chi connectivity index (χ0v) is 19.5. The van der Waals surface area contributed by atoms with Crippen LogP contribution in [0.2, 0.25) is 0 Å². The lowest BCUT2D eigenvalue weighted by atomic mass is 9.81. The van der Waals surface area contributed by atoms with Crippen molar-refractivity contribution in [2.45, 2.75) is 32.2 Å². The summed E-state index contributed by atoms with van der Waals surface area (Å²) in [7, 11) is 0. The molecule has 1 saturated heterocycles. The molecule has 0 radical (unpaired) electrons. The molecule has 4 rings (SSSR count). The highest BCUT2D eigenvalue weighted by Gasteiger charge is 2.38. The Kier molecular flexibility index (Phi) is 7.06. The molecule has 1 aliphatic rings. The number of ether oxygens (including phenoxy) is 1. The minimum atomic E-state index is -0.445. The van der Waals surface area contributed by atoms with Crippen LogP contribution in [0.4, 0.5) is 16.4 Å². The Balaban J connectivity index is 1.48. The third-order valence-electron chi connectivity index (χ3n) is 6.05. The molecule has 0 unspecified atom stereocenters. The van der Waals surface area contributed by atoms with E-state index in [-0.39, 0.29) is 6.03 Å². The van der Waals surface area contributed by atoms with Crippen LogP contribution in [-0.4, -0.2) is 46.6 Å². The van der Waals surface area contributed by atoms with Crippen LogP contribution >= 0.6 is 0 Å². The van der Waals surface area contributed by atoms with Gasteiger partial charge in [-0.2, -0.15) is 0 Å². The van der Waals surface area contributed by atoms with Gasteiger partial charge in [0.1, 0.15) is 0 Å². The lowest BCUT2D eigenvalue weighted by Gasteiger charge is -2.42. The van der Waals surface area contributed by atoms with Crippen molar-refractivity contribution in [3.8, 4) is 0 Å². The minimum Gasteiger partial charge on any atom is -0.462 e. The van der Waals surface area contributed by atoms with E-state index in [1.54, 1.807) is 6.92 Å². The number of benzene rings is 2. The Morgan fingerprint density at radius 3 is 2.26 bits per heavy atom. The minimum absolute atomic E-state index is 0.111. The van der Waals surface area contributed by atoms with Crippen LogP contribution in [0, 0.1) is 6.92 Å². The van der Waals surface area contributed by atoms with Crippen LogP contribution in [0.15, 0.2) is 67.0 Å². The molecule has 1 aromatic heterocycles. The summed E-state index contributed by atoms with van der Waals surface area (Å²) in [5, 5.41) is 6.47. The molecule has 0 aliphatic carbocycles. The molecule has 2 heterocycles. The Labute approximate surface area is 199 Å². The van der Waals surface area contributed by atoms with Crippen LogP contribution < -0.4 is 10.6 Å². The number of aryl methyl sites for hydroxylation is 1. The van der Waals surface area contributed by atoms with Crippen molar-refractivity contribution >= 4 is 23.6 Å². The number of nitrogens with one attached hydrogen (secondary N) is 2. The zero-order valence-electron chi connectivity index (χ0n) is 19.5. The van der Waals surface area contributed by atoms with Crippen LogP contribution in [0.3, 0.4) is 0 Å². The summed E-state index contributed by atoms with van der Waals surface area (Å²) < 4.78 is 5.01. The highest BCUT2D eigenvalue weighted by atomic mass is 16.5. The second-order valence-corrected chi connectivity index (χ2v) is 8.37. The first-order chi connectivity index (χ1) is 16.5. The Hall–Kier alpha value is -3.94. The average Bonchev–Trinajstić information content (AvgIpc) is 2.87. The highest BCUT2D eigenvalue weighted by Crippen LogP contribution is 2.36. The van der Waals surface area contributed by atoms with Crippen molar-refractivity contribution in [2.75, 3.05) is 30.3 Å². The Bertz CT molecular complexity index is 1110. The van der Waals surface area contributed by atoms with Crippen molar-refractivity contribution in [3.63, 3.8) is 0 Å². The van der Waals surface area contributed by atoms with Gasteiger partial charge >= 0.3 is 12.0 Å². The van der Waals surface area contributed by atoms with Crippen LogP contribution in [-0.2, 0) is 10.3 Å². The van der Waals surface area contributed by atoms with Crippen molar-refractivity contribution in [1.82, 2.24) is 14.9 Å². The van der Waals surface area contributed by atoms with E-state index >= 15 is 0 Å². The molecule has 8 nitrogen and oxygen atoms in total. The molecular weight excluding hydrogens is 430 g/mol. The number of urea groups is 1. The molecule has 1 fully saturated rings. The largest absolute Gasteiger partial charge is 0.462 e. The molecule has 2 amide bonds. The van der Waals surface area contributed by atoms with Gasteiger partial charge in [-0.15, -0.1) is 0 Å². The van der Waals surface area contributed by atoms with Gasteiger partial charge in [0.05, 0.1) is 17.7 Å². The molecule has 176 valence electrons. The molecule has 1 aliphatic heterocycles. The fourth-order valence-corrected chi connectivity index (χ4v) is 4.10. The van der Waals surface area contributed by atoms with E-state index in [1.807, 2.05) is 54.3 Å². The predicted molar refractivity (Wildman–Crippen MR) is 131 cm³/mol. The number of esters is 1. The Morgan fingerprint density at radius 2 is 1.65 bits per heavy atom. The number of rotatable bonds is 6. The molecule has 0 bridgehead atoms. The van der Waals surface area contributed by atoms with E-state index in [1.165, 1.54) is 12.4 Å². The molecule has 0 saturated carbocycles. The maximum Gasteiger partial charge on any atom is 0.341 e. The first-order valence-corrected chi connectivity index (χ1v) is 11.4. The quantitative estimate of drug-likeness (QED) is 0.523. The van der Waals surface area contributed by atoms with Gasteiger partial charge < -0.3 is 20.3 Å². The van der Waals surface area contributed by atoms with Crippen LogP contribution in [0.25, 0.3) is 0 Å². The fraction of sp³-hybridized carbons (Fsp3) is 0.308. The number of likely N-dealkylation sites (tertiary alicyclic amines) is 1. The van der Waals surface area contributed by atoms with E-state index in [0.717, 1.165) is 16.8 Å². The van der Waals surface area contributed by atoms with E-state index in [2.05, 4.69) is 32.7 Å². The number of nitrogens with zero attached hydrogens (tertiary/aromatic N) is 3. The normalized spacial score (nSPS) is 14.8. The van der Waals surface area contributed by atoms with Gasteiger partial charge in [0, 0.05) is 31.2 Å². The number of aromatic nitrogens is 2. The summed E-state index contributed by atoms with van der Waals surface area (Å²) >= 11 is 0. The topological polar surface area (TPSA) is 96.5 Å². The second kappa shape index (κ2) is 10.3. The predicted octanol–water partition coefficient (Wildman–Crippen LogP) is 4.60. The number of hydrogen-bond acceptors (Lipinski definition) is 6. The monoisotopic (exact) mass is 459 g/mol. The summed E-state index contributed by atoms with van der Waals surface area (Å²) in [6, 6.07) is 17.8. The molecule has 2 N–H and O–H groups in total. The number of hydrogen-bond donors (Lipinski definition) is 2. The first kappa shape index (κ1) is 23.2. The summed E-state index contributed by atoms with van der Waals surface area (Å²) in [5.74, 6) is -0.0193. The number of carbonyl (C=O) groups is 2. The van der Waals surface area contributed by atoms with Gasteiger partial charge in [0.15, 0.2) is 0 Å². The van der Waals surface area contributed by atoms with E-state index in [9.17, 15) is 9.59 Å². The number of anilines is 2. The first-order valence-electron chi connectivity index (χ1n) is 11.4. The summed E-state index contributed by atoms with van der Waals surface area (Å²) in [5.41, 5.74) is 2.90. The molecule has 0 atom stereocenters. The van der Waals surface area contributed by atoms with Gasteiger partial charge in [-0.1, -0.05) is 48.0 Å². The van der Waals surface area contributed by atoms with Crippen molar-refractivity contribution in [2.24, 2.45) is 0 Å². The third kappa shape index (κ3) is 5.33. The lowest BCUT2D eigenvalue weighted by molar-refractivity contribution is 0.0525. The average molecular weight is 460 g/mol. The summed E-state index contributed by atoms with van der Waals surface area (Å²) in [4.78, 5) is 35.3. The molecular formula is C26H29N5O3. The number of carbonyl (C=O) groups excluding carboxylic acids is 2. The Morgan fingerprint density at radius 1 is 1.00 bits per heavy atom. The van der Waals surface area contributed by atoms with Gasteiger partial charge in [-0.3, -0.25) is 0 Å². The number of piperidine rings is 1. The van der Waals surface area contributed by atoms with Gasteiger partial charge in [-0.05, 0) is 44.4 Å². The van der Waals surface area contributed by atoms with E-state index in [4.69, 9.17) is 4.74 Å². The smallest absolute Gasteiger partial charge is 0.341 e. The third-order valence-corrected chi connectivity index (χ3v) is 6.05. The molecule has 34 heavy (non-hydrogen) atoms. The SMILES string of the molecule is CCOC(=O)c1cnc(NC2(c3ccccc3)CCN(C(=O)Nc3ccc(C)cc3)CC2)nc1. The molecule has 3 aromatic rings. The number of amides is 2. The summed E-state index contributed by atoms with van der Waals surface area (Å²) in [6.07, 6.45) is 4.30. The van der Waals surface area contributed by atoms with E-state index in [0.29, 0.717) is 44.0 Å². The lowest BCUT2D eigenvalue weighted by Crippen LogP contribution is -2.50. The highest BCUT2D eigenvalue weighted by molar-refractivity contribution is 5.89. The maximum atomic E-state index is 12.8.